The molecule has 3 unspecified atom stereocenters. The molecule has 6 aliphatic rings. The van der Waals surface area contributed by atoms with E-state index in [2.05, 4.69) is 15.4 Å². The molecule has 4 saturated carbocycles. The number of hydrogen-bond acceptors (Lipinski definition) is 5. The second kappa shape index (κ2) is 7.63. The Morgan fingerprint density at radius 3 is 2.41 bits per heavy atom. The molecule has 2 bridgehead atoms. The van der Waals surface area contributed by atoms with Gasteiger partial charge in [0.25, 0.3) is 0 Å². The molecule has 0 aromatic rings. The van der Waals surface area contributed by atoms with E-state index in [1.807, 2.05) is 0 Å². The summed E-state index contributed by atoms with van der Waals surface area (Å²) in [4.78, 5) is 52.5. The van der Waals surface area contributed by atoms with Crippen molar-refractivity contribution in [3.63, 3.8) is 0 Å². The minimum atomic E-state index is -5.02. The second-order valence-corrected chi connectivity index (χ2v) is 10.9. The molecule has 6 fully saturated rings. The minimum absolute atomic E-state index is 0.155. The Labute approximate surface area is 193 Å². The van der Waals surface area contributed by atoms with Crippen LogP contribution in [0.25, 0.3) is 0 Å². The number of ketones is 1. The van der Waals surface area contributed by atoms with Crippen LogP contribution in [-0.2, 0) is 23.9 Å². The van der Waals surface area contributed by atoms with E-state index in [0.717, 1.165) is 12.8 Å². The first-order valence-electron chi connectivity index (χ1n) is 11.6. The lowest BCUT2D eigenvalue weighted by Gasteiger charge is -2.65. The lowest BCUT2D eigenvalue weighted by molar-refractivity contribution is -0.321. The molecule has 188 valence electrons. The molecule has 3 amide bonds. The number of carbonyl (C=O) groups is 4. The number of amides is 3. The first kappa shape index (κ1) is 23.5. The van der Waals surface area contributed by atoms with E-state index in [0.29, 0.717) is 25.9 Å². The van der Waals surface area contributed by atoms with Crippen LogP contribution in [0.3, 0.4) is 0 Å². The van der Waals surface area contributed by atoms with Crippen molar-refractivity contribution in [3.05, 3.63) is 0 Å². The summed E-state index contributed by atoms with van der Waals surface area (Å²) in [5.74, 6) is -2.85. The van der Waals surface area contributed by atoms with Gasteiger partial charge >= 0.3 is 6.36 Å². The summed E-state index contributed by atoms with van der Waals surface area (Å²) in [6.45, 7) is -0.531. The van der Waals surface area contributed by atoms with Crippen LogP contribution < -0.4 is 10.6 Å². The number of hydrogen-bond donors (Lipinski definition) is 2. The SMILES string of the molecule is O=C1NCCC1CC(NC(=O)C1CC2(CC2)CN1C(=O)C12CC(F)(C1)C2)C(=O)COC(F)(F)F. The number of alkyl halides is 4. The van der Waals surface area contributed by atoms with E-state index < -0.39 is 53.7 Å². The van der Waals surface area contributed by atoms with Gasteiger partial charge in [-0.2, -0.15) is 0 Å². The Morgan fingerprint density at radius 2 is 1.88 bits per heavy atom. The van der Waals surface area contributed by atoms with Gasteiger partial charge in [-0.15, -0.1) is 13.2 Å². The molecular weight excluding hydrogens is 462 g/mol. The standard InChI is InChI=1S/C22H27F4N3O5/c23-21-8-20(9-21,10-21)18(33)29-11-19(2-3-19)6-14(29)17(32)28-13(5-12-1-4-27-16(12)31)15(30)7-34-22(24,25)26/h12-14H,1-11H2,(H,27,31)(H,28,32). The zero-order valence-corrected chi connectivity index (χ0v) is 18.5. The normalized spacial score (nSPS) is 35.9. The Kier molecular flexibility index (Phi) is 5.27. The maximum absolute atomic E-state index is 14.0. The van der Waals surface area contributed by atoms with Crippen molar-refractivity contribution in [2.45, 2.75) is 75.5 Å². The van der Waals surface area contributed by atoms with Crippen LogP contribution >= 0.6 is 0 Å². The molecule has 0 radical (unpaired) electrons. The Morgan fingerprint density at radius 1 is 1.21 bits per heavy atom. The molecule has 1 spiro atoms. The predicted molar refractivity (Wildman–Crippen MR) is 107 cm³/mol. The number of Topliss-reactive ketones (excluding diaryl/α,β-unsaturated/α-hetero) is 1. The van der Waals surface area contributed by atoms with E-state index in [1.54, 1.807) is 0 Å². The average Bonchev–Trinajstić information content (AvgIpc) is 3.17. The highest BCUT2D eigenvalue weighted by atomic mass is 19.4. The third kappa shape index (κ3) is 4.18. The van der Waals surface area contributed by atoms with E-state index in [-0.39, 0.29) is 42.9 Å². The smallest absolute Gasteiger partial charge is 0.356 e. The van der Waals surface area contributed by atoms with Crippen LogP contribution in [-0.4, -0.2) is 72.2 Å². The first-order valence-corrected chi connectivity index (χ1v) is 11.6. The van der Waals surface area contributed by atoms with Crippen molar-refractivity contribution < 1.29 is 41.5 Å². The molecule has 0 aromatic heterocycles. The van der Waals surface area contributed by atoms with Gasteiger partial charge in [0.1, 0.15) is 18.3 Å². The third-order valence-electron chi connectivity index (χ3n) is 8.21. The van der Waals surface area contributed by atoms with Crippen LogP contribution in [0.5, 0.6) is 0 Å². The summed E-state index contributed by atoms with van der Waals surface area (Å²) in [6, 6.07) is -2.24. The summed E-state index contributed by atoms with van der Waals surface area (Å²) >= 11 is 0. The maximum Gasteiger partial charge on any atom is 0.522 e. The number of halogens is 4. The van der Waals surface area contributed by atoms with Gasteiger partial charge in [-0.3, -0.25) is 23.9 Å². The average molecular weight is 489 g/mol. The molecule has 8 nitrogen and oxygen atoms in total. The van der Waals surface area contributed by atoms with Crippen molar-refractivity contribution >= 4 is 23.5 Å². The number of nitrogens with zero attached hydrogens (tertiary/aromatic N) is 1. The summed E-state index contributed by atoms with van der Waals surface area (Å²) in [6.07, 6.45) is -2.21. The highest BCUT2D eigenvalue weighted by molar-refractivity contribution is 5.96. The topological polar surface area (TPSA) is 105 Å². The summed E-state index contributed by atoms with van der Waals surface area (Å²) in [5.41, 5.74) is -2.20. The molecule has 3 atom stereocenters. The van der Waals surface area contributed by atoms with Crippen molar-refractivity contribution in [2.24, 2.45) is 16.7 Å². The monoisotopic (exact) mass is 489 g/mol. The molecule has 2 aliphatic heterocycles. The quantitative estimate of drug-likeness (QED) is 0.502. The Balaban J connectivity index is 1.29. The number of likely N-dealkylation sites (tertiary alicyclic amines) is 1. The molecular formula is C22H27F4N3O5. The number of carbonyl (C=O) groups excluding carboxylic acids is 4. The third-order valence-corrected chi connectivity index (χ3v) is 8.21. The van der Waals surface area contributed by atoms with Gasteiger partial charge in [-0.25, -0.2) is 4.39 Å². The van der Waals surface area contributed by atoms with E-state index >= 15 is 0 Å². The van der Waals surface area contributed by atoms with E-state index in [1.165, 1.54) is 4.90 Å². The van der Waals surface area contributed by atoms with Gasteiger partial charge in [0, 0.05) is 19.0 Å². The highest BCUT2D eigenvalue weighted by Gasteiger charge is 2.74. The number of nitrogens with one attached hydrogen (secondary N) is 2. The van der Waals surface area contributed by atoms with Crippen molar-refractivity contribution in [1.29, 1.82) is 0 Å². The van der Waals surface area contributed by atoms with Crippen molar-refractivity contribution in [2.75, 3.05) is 19.7 Å². The fourth-order valence-electron chi connectivity index (χ4n) is 6.19. The van der Waals surface area contributed by atoms with E-state index in [9.17, 15) is 36.7 Å². The van der Waals surface area contributed by atoms with Gasteiger partial charge < -0.3 is 15.5 Å². The Bertz CT molecular complexity index is 914. The summed E-state index contributed by atoms with van der Waals surface area (Å²) in [7, 11) is 0. The molecule has 2 saturated heterocycles. The zero-order chi connectivity index (χ0) is 24.5. The van der Waals surface area contributed by atoms with Crippen LogP contribution in [0.2, 0.25) is 0 Å². The molecule has 34 heavy (non-hydrogen) atoms. The molecule has 0 aromatic carbocycles. The molecule has 2 heterocycles. The molecule has 6 rings (SSSR count). The maximum atomic E-state index is 14.0. The van der Waals surface area contributed by atoms with Crippen molar-refractivity contribution in [3.8, 4) is 0 Å². The lowest BCUT2D eigenvalue weighted by Crippen LogP contribution is -2.71. The molecule has 12 heteroatoms. The zero-order valence-electron chi connectivity index (χ0n) is 18.5. The Hall–Kier alpha value is -2.24. The van der Waals surface area contributed by atoms with E-state index in [4.69, 9.17) is 0 Å². The second-order valence-electron chi connectivity index (χ2n) is 10.9. The van der Waals surface area contributed by atoms with Crippen LogP contribution in [0.1, 0.15) is 51.4 Å². The van der Waals surface area contributed by atoms with Crippen LogP contribution in [0.4, 0.5) is 17.6 Å². The number of ether oxygens (including phenoxy) is 1. The van der Waals surface area contributed by atoms with Crippen LogP contribution in [0.15, 0.2) is 0 Å². The van der Waals surface area contributed by atoms with Gasteiger partial charge in [-0.05, 0) is 56.8 Å². The summed E-state index contributed by atoms with van der Waals surface area (Å²) < 4.78 is 55.1. The first-order chi connectivity index (χ1) is 15.8. The number of rotatable bonds is 8. The fourth-order valence-corrected chi connectivity index (χ4v) is 6.19. The van der Waals surface area contributed by atoms with Gasteiger partial charge in [-0.1, -0.05) is 0 Å². The van der Waals surface area contributed by atoms with Gasteiger partial charge in [0.15, 0.2) is 5.78 Å². The van der Waals surface area contributed by atoms with Crippen molar-refractivity contribution in [1.82, 2.24) is 15.5 Å². The van der Waals surface area contributed by atoms with Crippen LogP contribution in [0, 0.1) is 16.7 Å². The summed E-state index contributed by atoms with van der Waals surface area (Å²) in [5, 5.41) is 5.12. The van der Waals surface area contributed by atoms with Gasteiger partial charge in [0.2, 0.25) is 17.7 Å². The highest BCUT2D eigenvalue weighted by Crippen LogP contribution is 2.70. The lowest BCUT2D eigenvalue weighted by atomic mass is 9.42. The largest absolute Gasteiger partial charge is 0.522 e. The predicted octanol–water partition coefficient (Wildman–Crippen LogP) is 1.38. The fraction of sp³-hybridized carbons (Fsp3) is 0.818. The molecule has 2 N–H and O–H groups in total. The minimum Gasteiger partial charge on any atom is -0.356 e. The van der Waals surface area contributed by atoms with Gasteiger partial charge in [0.05, 0.1) is 11.5 Å². The molecule has 4 aliphatic carbocycles.